The number of urea groups is 1. The molecule has 0 aromatic carbocycles. The minimum Gasteiger partial charge on any atom is -0.346 e. The molecule has 0 aromatic rings. The molecule has 1 saturated carbocycles. The summed E-state index contributed by atoms with van der Waals surface area (Å²) < 4.78 is 25.3. The van der Waals surface area contributed by atoms with E-state index in [2.05, 4.69) is 27.8 Å². The normalized spacial score (nSPS) is 21.6. The van der Waals surface area contributed by atoms with Crippen molar-refractivity contribution in [3.63, 3.8) is 0 Å². The molecule has 15 heteroatoms. The Morgan fingerprint density at radius 3 is 2.14 bits per heavy atom. The summed E-state index contributed by atoms with van der Waals surface area (Å²) in [4.78, 5) is 69.6. The van der Waals surface area contributed by atoms with Crippen LogP contribution in [0.1, 0.15) is 106 Å². The van der Waals surface area contributed by atoms with E-state index in [1.54, 1.807) is 44.3 Å². The minimum atomic E-state index is -3.57. The van der Waals surface area contributed by atoms with Crippen molar-refractivity contribution in [1.29, 1.82) is 0 Å². The first-order valence-electron chi connectivity index (χ1n) is 17.8. The van der Waals surface area contributed by atoms with Crippen LogP contribution in [0.4, 0.5) is 4.79 Å². The van der Waals surface area contributed by atoms with Crippen LogP contribution in [-0.2, 0) is 29.0 Å². The highest BCUT2D eigenvalue weighted by Crippen LogP contribution is 2.52. The van der Waals surface area contributed by atoms with Crippen molar-refractivity contribution < 1.29 is 32.4 Å². The molecule has 50 heavy (non-hydrogen) atoms. The highest BCUT2D eigenvalue weighted by atomic mass is 32.2. The molecule has 2 heterocycles. The predicted molar refractivity (Wildman–Crippen MR) is 202 cm³/mol. The van der Waals surface area contributed by atoms with E-state index >= 15 is 0 Å². The smallest absolute Gasteiger partial charge is 0.315 e. The predicted octanol–water partition coefficient (Wildman–Crippen LogP) is 3.94. The Balaban J connectivity index is 1.88. The molecular weight excluding hydrogens is 699 g/mol. The second-order valence-corrected chi connectivity index (χ2v) is 21.9. The molecule has 3 rings (SSSR count). The molecular formula is C35H59N5O7S3. The van der Waals surface area contributed by atoms with E-state index in [4.69, 9.17) is 0 Å². The summed E-state index contributed by atoms with van der Waals surface area (Å²) in [6.07, 6.45) is 6.99. The molecule has 4 N–H and O–H groups in total. The van der Waals surface area contributed by atoms with Gasteiger partial charge in [0, 0.05) is 31.0 Å². The number of hydrogen-bond donors (Lipinski definition) is 4. The summed E-state index contributed by atoms with van der Waals surface area (Å²) in [5, 5.41) is 11.2. The SMILES string of the molecule is C=CCNC(=O)C(=O)C(CCCC)NC(=O)[C@@H]1CC2(CN1C(=O)[C@@H](NC(=O)NC1(CS(=O)(=O)C(C)(C)C)CCCCC1)C(C)(C)C)SCCS2. The van der Waals surface area contributed by atoms with Gasteiger partial charge in [-0.15, -0.1) is 30.1 Å². The number of carbonyl (C=O) groups is 5. The lowest BCUT2D eigenvalue weighted by atomic mass is 9.83. The first-order chi connectivity index (χ1) is 23.2. The summed E-state index contributed by atoms with van der Waals surface area (Å²) in [6, 6.07) is -3.65. The molecule has 1 spiro atoms. The molecule has 0 radical (unpaired) electrons. The highest BCUT2D eigenvalue weighted by molar-refractivity contribution is 8.21. The highest BCUT2D eigenvalue weighted by Gasteiger charge is 2.54. The molecule has 0 bridgehead atoms. The topological polar surface area (TPSA) is 171 Å². The lowest BCUT2D eigenvalue weighted by molar-refractivity contribution is -0.143. The van der Waals surface area contributed by atoms with Crippen LogP contribution in [0, 0.1) is 5.41 Å². The largest absolute Gasteiger partial charge is 0.346 e. The third-order valence-corrected chi connectivity index (χ3v) is 16.0. The molecule has 1 aliphatic carbocycles. The maximum atomic E-state index is 14.6. The van der Waals surface area contributed by atoms with E-state index in [-0.39, 0.29) is 25.3 Å². The zero-order valence-electron chi connectivity index (χ0n) is 30.9. The maximum Gasteiger partial charge on any atom is 0.315 e. The first-order valence-corrected chi connectivity index (χ1v) is 21.4. The van der Waals surface area contributed by atoms with Crippen LogP contribution in [0.15, 0.2) is 12.7 Å². The molecule has 5 amide bonds. The van der Waals surface area contributed by atoms with Crippen molar-refractivity contribution in [3.05, 3.63) is 12.7 Å². The number of ketones is 1. The quantitative estimate of drug-likeness (QED) is 0.151. The average Bonchev–Trinajstić information content (AvgIpc) is 3.65. The van der Waals surface area contributed by atoms with Gasteiger partial charge >= 0.3 is 6.03 Å². The Kier molecular flexibility index (Phi) is 14.4. The van der Waals surface area contributed by atoms with Gasteiger partial charge in [-0.2, -0.15) is 0 Å². The summed E-state index contributed by atoms with van der Waals surface area (Å²) in [6.45, 7) is 16.4. The van der Waals surface area contributed by atoms with Crippen LogP contribution in [-0.4, -0.2) is 106 Å². The Labute approximate surface area is 307 Å². The second kappa shape index (κ2) is 17.0. The summed E-state index contributed by atoms with van der Waals surface area (Å²) in [5.74, 6) is -0.966. The van der Waals surface area contributed by atoms with Crippen LogP contribution >= 0.6 is 23.5 Å². The number of likely N-dealkylation sites (tertiary alicyclic amines) is 1. The van der Waals surface area contributed by atoms with Crippen LogP contribution in [0.25, 0.3) is 0 Å². The fourth-order valence-corrected chi connectivity index (χ4v) is 11.5. The van der Waals surface area contributed by atoms with Crippen LogP contribution in [0.5, 0.6) is 0 Å². The minimum absolute atomic E-state index is 0.114. The van der Waals surface area contributed by atoms with Gasteiger partial charge in [-0.05, 0) is 45.4 Å². The first kappa shape index (κ1) is 42.2. The number of sulfone groups is 1. The van der Waals surface area contributed by atoms with E-state index in [9.17, 15) is 32.4 Å². The lowest BCUT2D eigenvalue weighted by Crippen LogP contribution is -2.63. The number of thioether (sulfide) groups is 2. The summed E-state index contributed by atoms with van der Waals surface area (Å²) in [7, 11) is -3.57. The molecule has 2 saturated heterocycles. The number of hydrogen-bond acceptors (Lipinski definition) is 9. The van der Waals surface area contributed by atoms with E-state index in [0.717, 1.165) is 37.2 Å². The third kappa shape index (κ3) is 10.6. The number of amides is 5. The second-order valence-electron chi connectivity index (χ2n) is 16.0. The van der Waals surface area contributed by atoms with Crippen molar-refractivity contribution in [2.24, 2.45) is 5.41 Å². The van der Waals surface area contributed by atoms with Crippen LogP contribution in [0.2, 0.25) is 0 Å². The third-order valence-electron chi connectivity index (χ3n) is 9.78. The zero-order chi connectivity index (χ0) is 37.5. The Bertz CT molecular complexity index is 1380. The van der Waals surface area contributed by atoms with Crippen molar-refractivity contribution in [2.45, 2.75) is 139 Å². The monoisotopic (exact) mass is 757 g/mol. The van der Waals surface area contributed by atoms with Gasteiger partial charge in [0.25, 0.3) is 5.91 Å². The van der Waals surface area contributed by atoms with Gasteiger partial charge in [-0.3, -0.25) is 19.2 Å². The van der Waals surface area contributed by atoms with Crippen molar-refractivity contribution in [2.75, 3.05) is 30.3 Å². The van der Waals surface area contributed by atoms with Gasteiger partial charge in [-0.25, -0.2) is 13.2 Å². The van der Waals surface area contributed by atoms with Gasteiger partial charge in [0.15, 0.2) is 9.84 Å². The van der Waals surface area contributed by atoms with Crippen LogP contribution in [0.3, 0.4) is 0 Å². The molecule has 0 aromatic heterocycles. The fourth-order valence-electron chi connectivity index (χ4n) is 6.70. The standard InChI is InChI=1S/C35H59N5O7S3/c1-9-11-15-24(26(41)29(43)36-18-10-2)37-28(42)25-21-35(48-19-20-49-35)22-40(25)30(44)27(32(3,4)5)38-31(45)39-34(16-13-12-14-17-34)23-50(46,47)33(6,7)8/h10,24-25,27H,2,9,11-23H2,1,3-8H3,(H,36,43)(H,37,42)(H2,38,39,45)/t24?,25-,27+/m0/s1. The van der Waals surface area contributed by atoms with E-state index in [1.165, 1.54) is 11.0 Å². The van der Waals surface area contributed by atoms with Gasteiger partial charge < -0.3 is 26.2 Å². The van der Waals surface area contributed by atoms with Gasteiger partial charge in [0.05, 0.1) is 26.2 Å². The molecule has 3 atom stereocenters. The molecule has 3 fully saturated rings. The van der Waals surface area contributed by atoms with Crippen LogP contribution < -0.4 is 21.3 Å². The molecule has 2 aliphatic heterocycles. The van der Waals surface area contributed by atoms with Gasteiger partial charge in [0.1, 0.15) is 12.1 Å². The van der Waals surface area contributed by atoms with Gasteiger partial charge in [0.2, 0.25) is 17.6 Å². The number of nitrogens with zero attached hydrogens (tertiary/aromatic N) is 1. The summed E-state index contributed by atoms with van der Waals surface area (Å²) in [5.41, 5.74) is -1.74. The number of carbonyl (C=O) groups excluding carboxylic acids is 5. The Morgan fingerprint density at radius 1 is 0.980 bits per heavy atom. The van der Waals surface area contributed by atoms with E-state index < -0.39 is 77.3 Å². The Hall–Kier alpha value is -2.26. The van der Waals surface area contributed by atoms with Crippen molar-refractivity contribution >= 4 is 62.9 Å². The summed E-state index contributed by atoms with van der Waals surface area (Å²) >= 11 is 3.41. The molecule has 284 valence electrons. The number of Topliss-reactive ketones (excluding diaryl/α,β-unsaturated/α-hetero) is 1. The van der Waals surface area contributed by atoms with Crippen molar-refractivity contribution in [1.82, 2.24) is 26.2 Å². The number of unbranched alkanes of at least 4 members (excludes halogenated alkanes) is 1. The van der Waals surface area contributed by atoms with Crippen molar-refractivity contribution in [3.8, 4) is 0 Å². The van der Waals surface area contributed by atoms with Gasteiger partial charge in [-0.1, -0.05) is 65.9 Å². The fraction of sp³-hybridized carbons (Fsp3) is 0.800. The Morgan fingerprint density at radius 2 is 1.60 bits per heavy atom. The lowest BCUT2D eigenvalue weighted by Gasteiger charge is -2.41. The van der Waals surface area contributed by atoms with E-state index in [0.29, 0.717) is 25.7 Å². The average molecular weight is 758 g/mol. The molecule has 3 aliphatic rings. The molecule has 1 unspecified atom stereocenters. The zero-order valence-corrected chi connectivity index (χ0v) is 33.4. The molecule has 12 nitrogen and oxygen atoms in total. The number of nitrogens with one attached hydrogen (secondary N) is 4. The van der Waals surface area contributed by atoms with E-state index in [1.807, 2.05) is 27.7 Å². The number of rotatable bonds is 14. The maximum absolute atomic E-state index is 14.6.